The zero-order valence-corrected chi connectivity index (χ0v) is 15.8. The minimum absolute atomic E-state index is 0.0814. The summed E-state index contributed by atoms with van der Waals surface area (Å²) >= 11 is 0. The fraction of sp³-hybridized carbons (Fsp3) is 0.667. The second-order valence-electron chi connectivity index (χ2n) is 6.07. The maximum absolute atomic E-state index is 12.4. The van der Waals surface area contributed by atoms with Gasteiger partial charge in [-0.3, -0.25) is 19.4 Å². The zero-order chi connectivity index (χ0) is 21.9. The predicted molar refractivity (Wildman–Crippen MR) is 99.7 cm³/mol. The monoisotopic (exact) mass is 403 g/mol. The summed E-state index contributed by atoms with van der Waals surface area (Å²) in [5.74, 6) is -3.62. The van der Waals surface area contributed by atoms with Crippen molar-refractivity contribution in [2.45, 2.75) is 50.9 Å². The van der Waals surface area contributed by atoms with Crippen LogP contribution in [0.5, 0.6) is 0 Å². The van der Waals surface area contributed by atoms with Crippen molar-refractivity contribution in [2.24, 2.45) is 22.2 Å². The number of aliphatic imine (C=N–C) groups is 1. The van der Waals surface area contributed by atoms with E-state index in [1.807, 2.05) is 0 Å². The second kappa shape index (κ2) is 12.5. The number of nitrogens with zero attached hydrogens (tertiary/aromatic N) is 1. The molecule has 0 aliphatic rings. The van der Waals surface area contributed by atoms with E-state index in [0.29, 0.717) is 6.42 Å². The molecule has 11 N–H and O–H groups in total. The van der Waals surface area contributed by atoms with Crippen molar-refractivity contribution in [3.05, 3.63) is 0 Å². The number of nitrogens with two attached hydrogens (primary N) is 3. The van der Waals surface area contributed by atoms with Gasteiger partial charge in [-0.1, -0.05) is 0 Å². The van der Waals surface area contributed by atoms with E-state index in [4.69, 9.17) is 22.3 Å². The van der Waals surface area contributed by atoms with E-state index >= 15 is 0 Å². The van der Waals surface area contributed by atoms with Crippen LogP contribution in [-0.4, -0.2) is 77.2 Å². The summed E-state index contributed by atoms with van der Waals surface area (Å²) in [5.41, 5.74) is 15.6. The van der Waals surface area contributed by atoms with Gasteiger partial charge in [-0.05, 0) is 26.7 Å². The predicted octanol–water partition coefficient (Wildman–Crippen LogP) is -4.06. The Balaban J connectivity index is 5.14. The minimum atomic E-state index is -1.56. The maximum Gasteiger partial charge on any atom is 0.328 e. The molecule has 0 saturated heterocycles. The smallest absolute Gasteiger partial charge is 0.328 e. The summed E-state index contributed by atoms with van der Waals surface area (Å²) in [7, 11) is 0. The van der Waals surface area contributed by atoms with Crippen LogP contribution in [0.4, 0.5) is 0 Å². The number of amides is 3. The summed E-state index contributed by atoms with van der Waals surface area (Å²) in [6.45, 7) is 2.47. The number of carbonyl (C=O) groups excluding carboxylic acids is 3. The van der Waals surface area contributed by atoms with Crippen LogP contribution in [0.2, 0.25) is 0 Å². The number of hydrogen-bond donors (Lipinski definition) is 8. The highest BCUT2D eigenvalue weighted by atomic mass is 16.4. The number of guanidine groups is 1. The van der Waals surface area contributed by atoms with Crippen LogP contribution in [0.15, 0.2) is 4.99 Å². The van der Waals surface area contributed by atoms with Crippen molar-refractivity contribution in [2.75, 3.05) is 13.1 Å². The van der Waals surface area contributed by atoms with Gasteiger partial charge >= 0.3 is 5.97 Å². The molecule has 160 valence electrons. The number of rotatable bonds is 12. The van der Waals surface area contributed by atoms with E-state index in [2.05, 4.69) is 20.9 Å². The highest BCUT2D eigenvalue weighted by molar-refractivity contribution is 5.93. The number of nitrogens with one attached hydrogen (secondary N) is 3. The van der Waals surface area contributed by atoms with Crippen LogP contribution in [-0.2, 0) is 19.2 Å². The number of hydrogen-bond acceptors (Lipinski definition) is 7. The molecule has 0 aliphatic carbocycles. The van der Waals surface area contributed by atoms with Gasteiger partial charge in [-0.15, -0.1) is 0 Å². The summed E-state index contributed by atoms with van der Waals surface area (Å²) in [4.78, 5) is 50.9. The number of aliphatic hydroxyl groups excluding tert-OH is 1. The third-order valence-corrected chi connectivity index (χ3v) is 3.58. The summed E-state index contributed by atoms with van der Waals surface area (Å²) in [5, 5.41) is 25.5. The van der Waals surface area contributed by atoms with Crippen molar-refractivity contribution in [3.8, 4) is 0 Å². The average molecular weight is 403 g/mol. The molecular weight excluding hydrogens is 374 g/mol. The lowest BCUT2D eigenvalue weighted by Crippen LogP contribution is -2.57. The Bertz CT molecular complexity index is 591. The Morgan fingerprint density at radius 1 is 1.04 bits per heavy atom. The quantitative estimate of drug-likeness (QED) is 0.0897. The zero-order valence-electron chi connectivity index (χ0n) is 15.8. The third kappa shape index (κ3) is 9.68. The van der Waals surface area contributed by atoms with E-state index in [1.165, 1.54) is 13.8 Å². The van der Waals surface area contributed by atoms with Gasteiger partial charge in [-0.25, -0.2) is 4.79 Å². The molecule has 13 nitrogen and oxygen atoms in total. The highest BCUT2D eigenvalue weighted by Gasteiger charge is 2.30. The van der Waals surface area contributed by atoms with E-state index in [9.17, 15) is 24.3 Å². The molecule has 0 aromatic heterocycles. The van der Waals surface area contributed by atoms with Crippen LogP contribution in [0.3, 0.4) is 0 Å². The molecule has 0 rings (SSSR count). The minimum Gasteiger partial charge on any atom is -0.480 e. The van der Waals surface area contributed by atoms with Gasteiger partial charge in [-0.2, -0.15) is 0 Å². The molecule has 28 heavy (non-hydrogen) atoms. The Labute approximate surface area is 162 Å². The number of aliphatic hydroxyl groups is 1. The number of carboxylic acids is 1. The molecule has 13 heteroatoms. The van der Waals surface area contributed by atoms with Crippen molar-refractivity contribution in [1.29, 1.82) is 0 Å². The van der Waals surface area contributed by atoms with Gasteiger partial charge in [0, 0.05) is 6.54 Å². The van der Waals surface area contributed by atoms with E-state index in [1.54, 1.807) is 0 Å². The molecule has 0 fully saturated rings. The largest absolute Gasteiger partial charge is 0.480 e. The molecule has 0 spiro atoms. The normalized spacial score (nSPS) is 14.7. The third-order valence-electron chi connectivity index (χ3n) is 3.58. The number of carboxylic acid groups (broad SMARTS) is 1. The second-order valence-corrected chi connectivity index (χ2v) is 6.07. The van der Waals surface area contributed by atoms with E-state index in [-0.39, 0.29) is 25.5 Å². The lowest BCUT2D eigenvalue weighted by molar-refractivity contribution is -0.145. The van der Waals surface area contributed by atoms with Gasteiger partial charge in [0.1, 0.15) is 12.1 Å². The van der Waals surface area contributed by atoms with Crippen LogP contribution < -0.4 is 33.2 Å². The number of aliphatic carboxylic acids is 1. The lowest BCUT2D eigenvalue weighted by atomic mass is 10.1. The topological polar surface area (TPSA) is 235 Å². The Morgan fingerprint density at radius 2 is 1.64 bits per heavy atom. The number of carbonyl (C=O) groups is 4. The molecule has 0 saturated carbocycles. The van der Waals surface area contributed by atoms with Crippen LogP contribution in [0.1, 0.15) is 26.7 Å². The highest BCUT2D eigenvalue weighted by Crippen LogP contribution is 2.02. The fourth-order valence-electron chi connectivity index (χ4n) is 2.08. The first kappa shape index (κ1) is 25.1. The SMILES string of the molecule is CC(NC(=O)CN)C(=O)NC(CCCN=C(N)N)C(=O)NC(C(=O)O)C(C)O. The fourth-order valence-corrected chi connectivity index (χ4v) is 2.08. The molecule has 3 amide bonds. The van der Waals surface area contributed by atoms with Crippen LogP contribution >= 0.6 is 0 Å². The molecule has 0 heterocycles. The van der Waals surface area contributed by atoms with E-state index in [0.717, 1.165) is 0 Å². The summed E-state index contributed by atoms with van der Waals surface area (Å²) < 4.78 is 0. The first-order valence-electron chi connectivity index (χ1n) is 8.56. The van der Waals surface area contributed by atoms with Crippen LogP contribution in [0.25, 0.3) is 0 Å². The maximum atomic E-state index is 12.4. The van der Waals surface area contributed by atoms with Crippen molar-refractivity contribution >= 4 is 29.7 Å². The van der Waals surface area contributed by atoms with Gasteiger partial charge in [0.25, 0.3) is 0 Å². The standard InChI is InChI=1S/C15H29N7O6/c1-7(20-10(24)6-16)12(25)21-9(4-3-5-19-15(17)18)13(26)22-11(8(2)23)14(27)28/h7-9,11,23H,3-6,16H2,1-2H3,(H,20,24)(H,21,25)(H,22,26)(H,27,28)(H4,17,18,19). The first-order valence-corrected chi connectivity index (χ1v) is 8.56. The molecule has 0 radical (unpaired) electrons. The molecule has 4 unspecified atom stereocenters. The molecule has 0 aromatic carbocycles. The van der Waals surface area contributed by atoms with Gasteiger partial charge in [0.15, 0.2) is 12.0 Å². The van der Waals surface area contributed by atoms with Gasteiger partial charge in [0.05, 0.1) is 12.6 Å². The average Bonchev–Trinajstić information content (AvgIpc) is 2.60. The first-order chi connectivity index (χ1) is 13.0. The summed E-state index contributed by atoms with van der Waals surface area (Å²) in [6, 6.07) is -3.67. The van der Waals surface area contributed by atoms with Crippen molar-refractivity contribution < 1.29 is 29.4 Å². The van der Waals surface area contributed by atoms with E-state index < -0.39 is 47.9 Å². The van der Waals surface area contributed by atoms with Crippen molar-refractivity contribution in [1.82, 2.24) is 16.0 Å². The molecule has 0 aromatic rings. The molecule has 0 bridgehead atoms. The van der Waals surface area contributed by atoms with Gasteiger partial charge in [0.2, 0.25) is 17.7 Å². The molecular formula is C15H29N7O6. The Hall–Kier alpha value is -2.93. The molecule has 4 atom stereocenters. The van der Waals surface area contributed by atoms with Gasteiger partial charge < -0.3 is 43.4 Å². The summed E-state index contributed by atoms with van der Waals surface area (Å²) in [6.07, 6.45) is -0.980. The lowest BCUT2D eigenvalue weighted by Gasteiger charge is -2.24. The van der Waals surface area contributed by atoms with Crippen LogP contribution in [0, 0.1) is 0 Å². The van der Waals surface area contributed by atoms with Crippen molar-refractivity contribution in [3.63, 3.8) is 0 Å². The Kier molecular flexibility index (Phi) is 11.2. The molecule has 0 aliphatic heterocycles. The Morgan fingerprint density at radius 3 is 2.11 bits per heavy atom.